The summed E-state index contributed by atoms with van der Waals surface area (Å²) in [6, 6.07) is 27.2. The molecule has 3 aromatic carbocycles. The van der Waals surface area contributed by atoms with E-state index in [4.69, 9.17) is 10.00 Å². The summed E-state index contributed by atoms with van der Waals surface area (Å²) in [6.07, 6.45) is 1.86. The predicted molar refractivity (Wildman–Crippen MR) is 115 cm³/mol. The van der Waals surface area contributed by atoms with Gasteiger partial charge in [-0.3, -0.25) is 0 Å². The predicted octanol–water partition coefficient (Wildman–Crippen LogP) is 5.81. The second kappa shape index (κ2) is 9.02. The van der Waals surface area contributed by atoms with Crippen LogP contribution < -0.4 is 4.74 Å². The van der Waals surface area contributed by atoms with Crippen LogP contribution in [0.3, 0.4) is 0 Å². The Kier molecular flexibility index (Phi) is 6.25. The van der Waals surface area contributed by atoms with Crippen molar-refractivity contribution in [2.45, 2.75) is 6.61 Å². The summed E-state index contributed by atoms with van der Waals surface area (Å²) in [5.74, 6) is 0.715. The topological polar surface area (TPSA) is 56.8 Å². The van der Waals surface area contributed by atoms with Crippen molar-refractivity contribution in [1.82, 2.24) is 0 Å². The molecule has 3 rings (SSSR count). The summed E-state index contributed by atoms with van der Waals surface area (Å²) in [6.45, 7) is 0.338. The molecule has 130 valence electrons. The third kappa shape index (κ3) is 4.97. The van der Waals surface area contributed by atoms with Crippen LogP contribution in [0.2, 0.25) is 0 Å². The number of ether oxygens (including phenoxy) is 1. The summed E-state index contributed by atoms with van der Waals surface area (Å²) in [4.78, 5) is 0. The lowest BCUT2D eigenvalue weighted by molar-refractivity contribution is 0.306. The largest absolute Gasteiger partial charge is 0.489 e. The maximum Gasteiger partial charge on any atom is 0.119 e. The average molecular weight is 462 g/mol. The molecule has 4 heteroatoms. The Morgan fingerprint density at radius 1 is 0.926 bits per heavy atom. The maximum absolute atomic E-state index is 9.45. The van der Waals surface area contributed by atoms with Crippen LogP contribution in [0, 0.1) is 26.2 Å². The normalized spacial score (nSPS) is 10.7. The molecule has 27 heavy (non-hydrogen) atoms. The lowest BCUT2D eigenvalue weighted by atomic mass is 10.0. The van der Waals surface area contributed by atoms with Crippen molar-refractivity contribution in [3.63, 3.8) is 0 Å². The molecule has 0 spiro atoms. The zero-order valence-electron chi connectivity index (χ0n) is 14.4. The van der Waals surface area contributed by atoms with Crippen LogP contribution in [-0.2, 0) is 6.61 Å². The van der Waals surface area contributed by atoms with E-state index in [1.54, 1.807) is 6.07 Å². The van der Waals surface area contributed by atoms with Gasteiger partial charge in [-0.05, 0) is 70.1 Å². The van der Waals surface area contributed by atoms with Crippen LogP contribution >= 0.6 is 22.6 Å². The highest BCUT2D eigenvalue weighted by atomic mass is 127. The Balaban J connectivity index is 1.72. The average Bonchev–Trinajstić information content (AvgIpc) is 2.72. The minimum Gasteiger partial charge on any atom is -0.489 e. The van der Waals surface area contributed by atoms with Crippen LogP contribution in [0.5, 0.6) is 5.75 Å². The smallest absolute Gasteiger partial charge is 0.119 e. The fourth-order valence-corrected chi connectivity index (χ4v) is 2.91. The lowest BCUT2D eigenvalue weighted by Crippen LogP contribution is -1.98. The van der Waals surface area contributed by atoms with Gasteiger partial charge in [0.25, 0.3) is 0 Å². The zero-order valence-corrected chi connectivity index (χ0v) is 16.6. The molecule has 0 radical (unpaired) electrons. The Morgan fingerprint density at radius 3 is 2.30 bits per heavy atom. The molecule has 0 aromatic heterocycles. The highest BCUT2D eigenvalue weighted by molar-refractivity contribution is 14.1. The molecule has 0 aliphatic carbocycles. The monoisotopic (exact) mass is 462 g/mol. The van der Waals surface area contributed by atoms with E-state index in [0.717, 1.165) is 20.3 Å². The molecule has 0 unspecified atom stereocenters. The van der Waals surface area contributed by atoms with Crippen molar-refractivity contribution >= 4 is 34.2 Å². The first-order chi connectivity index (χ1) is 13.2. The number of halogens is 1. The molecule has 0 fully saturated rings. The fourth-order valence-electron chi connectivity index (χ4n) is 2.55. The Bertz CT molecular complexity index is 1040. The van der Waals surface area contributed by atoms with Crippen molar-refractivity contribution < 1.29 is 4.74 Å². The van der Waals surface area contributed by atoms with E-state index >= 15 is 0 Å². The van der Waals surface area contributed by atoms with E-state index in [2.05, 4.69) is 34.7 Å². The molecule has 0 saturated heterocycles. The molecule has 0 bridgehead atoms. The van der Waals surface area contributed by atoms with Crippen molar-refractivity contribution in [3.8, 4) is 17.9 Å². The molecule has 3 aromatic rings. The first-order valence-corrected chi connectivity index (χ1v) is 9.36. The van der Waals surface area contributed by atoms with E-state index in [9.17, 15) is 5.26 Å². The van der Waals surface area contributed by atoms with Crippen LogP contribution in [0.25, 0.3) is 11.6 Å². The maximum atomic E-state index is 9.45. The number of allylic oxidation sites excluding steroid dienone is 1. The summed E-state index contributed by atoms with van der Waals surface area (Å²) < 4.78 is 6.91. The third-order valence-corrected chi connectivity index (χ3v) is 4.72. The third-order valence-electron chi connectivity index (χ3n) is 4.00. The van der Waals surface area contributed by atoms with Crippen molar-refractivity contribution in [2.75, 3.05) is 0 Å². The number of hydrogen-bond acceptors (Lipinski definition) is 3. The quantitative estimate of drug-likeness (QED) is 0.273. The van der Waals surface area contributed by atoms with Gasteiger partial charge in [0.2, 0.25) is 0 Å². The molecule has 0 amide bonds. The molecule has 3 nitrogen and oxygen atoms in total. The van der Waals surface area contributed by atoms with E-state index in [0.29, 0.717) is 23.5 Å². The van der Waals surface area contributed by atoms with E-state index in [1.807, 2.05) is 72.8 Å². The number of nitrogens with zero attached hydrogens (tertiary/aromatic N) is 2. The highest BCUT2D eigenvalue weighted by Gasteiger charge is 2.03. The number of benzene rings is 3. The van der Waals surface area contributed by atoms with E-state index in [-0.39, 0.29) is 0 Å². The number of nitriles is 2. The van der Waals surface area contributed by atoms with Gasteiger partial charge in [0.05, 0.1) is 23.3 Å². The summed E-state index contributed by atoms with van der Waals surface area (Å²) >= 11 is 2.24. The number of hydrogen-bond donors (Lipinski definition) is 0. The number of rotatable bonds is 5. The fraction of sp³-hybridized carbons (Fsp3) is 0.0435. The van der Waals surface area contributed by atoms with Gasteiger partial charge in [-0.25, -0.2) is 0 Å². The van der Waals surface area contributed by atoms with Crippen LogP contribution in [-0.4, -0.2) is 0 Å². The minimum absolute atomic E-state index is 0.338. The molecule has 0 aliphatic heterocycles. The van der Waals surface area contributed by atoms with Gasteiger partial charge in [-0.2, -0.15) is 10.5 Å². The van der Waals surface area contributed by atoms with Gasteiger partial charge < -0.3 is 4.74 Å². The first kappa shape index (κ1) is 18.7. The van der Waals surface area contributed by atoms with Crippen molar-refractivity contribution in [3.05, 3.63) is 98.6 Å². The van der Waals surface area contributed by atoms with Gasteiger partial charge >= 0.3 is 0 Å². The van der Waals surface area contributed by atoms with E-state index < -0.39 is 0 Å². The molecule has 0 saturated carbocycles. The molecular weight excluding hydrogens is 447 g/mol. The van der Waals surface area contributed by atoms with Gasteiger partial charge in [0, 0.05) is 9.13 Å². The molecule has 0 atom stereocenters. The molecular formula is C23H15IN2O. The molecule has 0 N–H and O–H groups in total. The van der Waals surface area contributed by atoms with Gasteiger partial charge in [-0.15, -0.1) is 0 Å². The molecule has 0 aliphatic rings. The SMILES string of the molecule is N#C/C(=C/c1ccc(OCc2ccccc2C#N)cc1)c1ccc(I)cc1. The van der Waals surface area contributed by atoms with Crippen LogP contribution in [0.4, 0.5) is 0 Å². The van der Waals surface area contributed by atoms with Gasteiger partial charge in [0.15, 0.2) is 0 Å². The summed E-state index contributed by atoms with van der Waals surface area (Å²) in [5, 5.41) is 18.6. The molecule has 0 heterocycles. The Morgan fingerprint density at radius 2 is 1.63 bits per heavy atom. The first-order valence-electron chi connectivity index (χ1n) is 8.28. The summed E-state index contributed by atoms with van der Waals surface area (Å²) in [5.41, 5.74) is 3.91. The van der Waals surface area contributed by atoms with E-state index in [1.165, 1.54) is 0 Å². The van der Waals surface area contributed by atoms with Gasteiger partial charge in [-0.1, -0.05) is 42.5 Å². The lowest BCUT2D eigenvalue weighted by Gasteiger charge is -2.08. The van der Waals surface area contributed by atoms with Crippen LogP contribution in [0.1, 0.15) is 22.3 Å². The Hall–Kier alpha value is -3.09. The minimum atomic E-state index is 0.338. The van der Waals surface area contributed by atoms with Crippen LogP contribution in [0.15, 0.2) is 72.8 Å². The van der Waals surface area contributed by atoms with Crippen molar-refractivity contribution in [2.24, 2.45) is 0 Å². The highest BCUT2D eigenvalue weighted by Crippen LogP contribution is 2.21. The Labute approximate surface area is 172 Å². The zero-order chi connectivity index (χ0) is 19.1. The van der Waals surface area contributed by atoms with Crippen molar-refractivity contribution in [1.29, 1.82) is 10.5 Å². The second-order valence-electron chi connectivity index (χ2n) is 5.80. The second-order valence-corrected chi connectivity index (χ2v) is 7.05. The van der Waals surface area contributed by atoms with Gasteiger partial charge in [0.1, 0.15) is 12.4 Å². The standard InChI is InChI=1S/C23H15IN2O/c24-22-9-7-18(8-10-22)21(15-26)13-17-5-11-23(12-6-17)27-16-20-4-2-1-3-19(20)14-25/h1-13H,16H2/b21-13-. The summed E-state index contributed by atoms with van der Waals surface area (Å²) in [7, 11) is 0.